The molecule has 30 heavy (non-hydrogen) atoms. The molecule has 0 atom stereocenters. The molecule has 0 amide bonds. The molecule has 8 heteroatoms. The van der Waals surface area contributed by atoms with E-state index in [1.165, 1.54) is 6.07 Å². The van der Waals surface area contributed by atoms with Gasteiger partial charge in [0, 0.05) is 28.9 Å². The lowest BCUT2D eigenvalue weighted by molar-refractivity contribution is -0.137. The van der Waals surface area contributed by atoms with Gasteiger partial charge in [-0.05, 0) is 49.3 Å². The number of hydrogen-bond donors (Lipinski definition) is 3. The van der Waals surface area contributed by atoms with Gasteiger partial charge in [-0.3, -0.25) is 0 Å². The molecule has 2 aromatic carbocycles. The van der Waals surface area contributed by atoms with E-state index in [0.717, 1.165) is 43.8 Å². The number of ether oxygens (including phenoxy) is 1. The number of alkyl halides is 3. The zero-order valence-corrected chi connectivity index (χ0v) is 18.0. The lowest BCUT2D eigenvalue weighted by Crippen LogP contribution is -2.25. The predicted molar refractivity (Wildman–Crippen MR) is 117 cm³/mol. The molecule has 2 N–H and O–H groups in total. The average Bonchev–Trinajstić information content (AvgIpc) is 2.68. The van der Waals surface area contributed by atoms with Crippen LogP contribution in [0.5, 0.6) is 11.5 Å². The summed E-state index contributed by atoms with van der Waals surface area (Å²) in [4.78, 5) is 2.37. The average molecular weight is 441 g/mol. The number of thiol groups is 1. The van der Waals surface area contributed by atoms with Crippen LogP contribution in [-0.4, -0.2) is 36.2 Å². The number of phenolic OH excluding ortho intramolecular Hbond substituents is 1. The summed E-state index contributed by atoms with van der Waals surface area (Å²) in [7, 11) is 0. The van der Waals surface area contributed by atoms with Crippen molar-refractivity contribution in [1.29, 1.82) is 0 Å². The second-order valence-corrected chi connectivity index (χ2v) is 7.30. The van der Waals surface area contributed by atoms with Crippen molar-refractivity contribution >= 4 is 18.3 Å². The highest BCUT2D eigenvalue weighted by Crippen LogP contribution is 2.34. The number of halogens is 3. The molecule has 164 valence electrons. The van der Waals surface area contributed by atoms with Crippen molar-refractivity contribution in [2.45, 2.75) is 31.3 Å². The molecule has 2 aromatic rings. The third-order valence-corrected chi connectivity index (χ3v) is 5.04. The van der Waals surface area contributed by atoms with Crippen LogP contribution in [0.2, 0.25) is 0 Å². The van der Waals surface area contributed by atoms with Crippen LogP contribution in [-0.2, 0) is 12.6 Å². The molecule has 0 spiro atoms. The van der Waals surface area contributed by atoms with Crippen molar-refractivity contribution in [2.24, 2.45) is 0 Å². The highest BCUT2D eigenvalue weighted by molar-refractivity contribution is 7.80. The van der Waals surface area contributed by atoms with Crippen LogP contribution >= 0.6 is 12.6 Å². The molecule has 0 aliphatic carbocycles. The molecular weight excluding hydrogens is 413 g/mol. The summed E-state index contributed by atoms with van der Waals surface area (Å²) < 4.78 is 43.7. The van der Waals surface area contributed by atoms with E-state index >= 15 is 0 Å². The third kappa shape index (κ3) is 6.88. The van der Waals surface area contributed by atoms with Crippen LogP contribution in [0.4, 0.5) is 18.9 Å². The Hall–Kier alpha value is -2.32. The summed E-state index contributed by atoms with van der Waals surface area (Å²) in [5, 5.41) is 13.3. The third-order valence-electron chi connectivity index (χ3n) is 4.69. The van der Waals surface area contributed by atoms with E-state index in [0.29, 0.717) is 11.4 Å². The summed E-state index contributed by atoms with van der Waals surface area (Å²) in [6.45, 7) is 10.9. The SMILES string of the molecule is C=C(COc1ccc(C(F)(F)F)cc1S)Nc1ccc(CCN(CC)CC)c(O)c1. The van der Waals surface area contributed by atoms with Gasteiger partial charge in [-0.1, -0.05) is 26.5 Å². The van der Waals surface area contributed by atoms with E-state index in [1.54, 1.807) is 6.07 Å². The highest BCUT2D eigenvalue weighted by Gasteiger charge is 2.30. The van der Waals surface area contributed by atoms with Gasteiger partial charge in [0.2, 0.25) is 0 Å². The minimum atomic E-state index is -4.43. The van der Waals surface area contributed by atoms with Gasteiger partial charge in [0.1, 0.15) is 18.1 Å². The van der Waals surface area contributed by atoms with Gasteiger partial charge in [0.15, 0.2) is 0 Å². The second-order valence-electron chi connectivity index (χ2n) is 6.82. The first kappa shape index (κ1) is 24.0. The molecule has 0 aliphatic rings. The smallest absolute Gasteiger partial charge is 0.416 e. The number of aromatic hydroxyl groups is 1. The molecule has 0 unspecified atom stereocenters. The minimum Gasteiger partial charge on any atom is -0.508 e. The Morgan fingerprint density at radius 3 is 2.43 bits per heavy atom. The van der Waals surface area contributed by atoms with E-state index < -0.39 is 11.7 Å². The lowest BCUT2D eigenvalue weighted by Gasteiger charge is -2.18. The summed E-state index contributed by atoms with van der Waals surface area (Å²) in [5.74, 6) is 0.421. The van der Waals surface area contributed by atoms with Crippen LogP contribution in [0.1, 0.15) is 25.0 Å². The monoisotopic (exact) mass is 440 g/mol. The predicted octanol–water partition coefficient (Wildman–Crippen LogP) is 5.59. The van der Waals surface area contributed by atoms with Gasteiger partial charge in [-0.25, -0.2) is 0 Å². The van der Waals surface area contributed by atoms with Gasteiger partial charge < -0.3 is 20.1 Å². The van der Waals surface area contributed by atoms with Crippen LogP contribution in [0.15, 0.2) is 53.6 Å². The zero-order valence-electron chi connectivity index (χ0n) is 17.1. The number of likely N-dealkylation sites (N-methyl/N-ethyl adjacent to an activating group) is 1. The summed E-state index contributed by atoms with van der Waals surface area (Å²) in [5.41, 5.74) is 1.20. The molecule has 4 nitrogen and oxygen atoms in total. The Morgan fingerprint density at radius 1 is 1.17 bits per heavy atom. The van der Waals surface area contributed by atoms with Gasteiger partial charge in [-0.2, -0.15) is 13.2 Å². The van der Waals surface area contributed by atoms with Gasteiger partial charge in [-0.15, -0.1) is 12.6 Å². The molecule has 0 saturated carbocycles. The minimum absolute atomic E-state index is 0.0311. The number of nitrogens with one attached hydrogen (secondary N) is 1. The van der Waals surface area contributed by atoms with E-state index in [1.807, 2.05) is 12.1 Å². The van der Waals surface area contributed by atoms with E-state index in [-0.39, 0.29) is 23.0 Å². The van der Waals surface area contributed by atoms with Crippen LogP contribution < -0.4 is 10.1 Å². The first-order chi connectivity index (χ1) is 14.1. The number of hydrogen-bond acceptors (Lipinski definition) is 5. The lowest BCUT2D eigenvalue weighted by atomic mass is 10.1. The Bertz CT molecular complexity index is 868. The first-order valence-corrected chi connectivity index (χ1v) is 10.1. The van der Waals surface area contributed by atoms with Crippen molar-refractivity contribution in [3.63, 3.8) is 0 Å². The van der Waals surface area contributed by atoms with E-state index in [9.17, 15) is 18.3 Å². The number of benzene rings is 2. The Morgan fingerprint density at radius 2 is 1.87 bits per heavy atom. The molecule has 0 fully saturated rings. The number of nitrogens with zero attached hydrogens (tertiary/aromatic N) is 1. The maximum absolute atomic E-state index is 12.7. The molecule has 0 radical (unpaired) electrons. The van der Waals surface area contributed by atoms with Crippen LogP contribution in [0, 0.1) is 0 Å². The number of rotatable bonds is 10. The van der Waals surface area contributed by atoms with Crippen LogP contribution in [0.25, 0.3) is 0 Å². The van der Waals surface area contributed by atoms with E-state index in [4.69, 9.17) is 4.74 Å². The van der Waals surface area contributed by atoms with Gasteiger partial charge in [0.05, 0.1) is 5.56 Å². The quantitative estimate of drug-likeness (QED) is 0.422. The molecule has 0 aliphatic heterocycles. The Labute approximate surface area is 180 Å². The van der Waals surface area contributed by atoms with Crippen molar-refractivity contribution in [2.75, 3.05) is 31.6 Å². The van der Waals surface area contributed by atoms with E-state index in [2.05, 4.69) is 43.3 Å². The normalized spacial score (nSPS) is 11.6. The zero-order chi connectivity index (χ0) is 22.3. The summed E-state index contributed by atoms with van der Waals surface area (Å²) in [6, 6.07) is 8.41. The molecule has 2 rings (SSSR count). The van der Waals surface area contributed by atoms with Crippen molar-refractivity contribution < 1.29 is 23.0 Å². The largest absolute Gasteiger partial charge is 0.508 e. The fourth-order valence-corrected chi connectivity index (χ4v) is 3.17. The molecular formula is C22H27F3N2O2S. The standard InChI is InChI=1S/C22H27F3N2O2S/c1-4-27(5-2)11-10-16-6-8-18(13-19(16)28)26-15(3)14-29-20-9-7-17(12-21(20)30)22(23,24)25/h6-9,12-13,26,28,30H,3-5,10-11,14H2,1-2H3. The molecule has 0 heterocycles. The molecule has 0 bridgehead atoms. The van der Waals surface area contributed by atoms with Gasteiger partial charge in [0.25, 0.3) is 0 Å². The fourth-order valence-electron chi connectivity index (χ4n) is 2.89. The molecule has 0 saturated heterocycles. The highest BCUT2D eigenvalue weighted by atomic mass is 32.1. The number of anilines is 1. The topological polar surface area (TPSA) is 44.7 Å². The van der Waals surface area contributed by atoms with Gasteiger partial charge >= 0.3 is 6.18 Å². The summed E-state index contributed by atoms with van der Waals surface area (Å²) >= 11 is 4.06. The fraction of sp³-hybridized carbons (Fsp3) is 0.364. The molecule has 0 aromatic heterocycles. The van der Waals surface area contributed by atoms with Crippen molar-refractivity contribution in [3.8, 4) is 11.5 Å². The van der Waals surface area contributed by atoms with Crippen molar-refractivity contribution in [3.05, 3.63) is 59.8 Å². The van der Waals surface area contributed by atoms with Crippen molar-refractivity contribution in [1.82, 2.24) is 4.90 Å². The maximum atomic E-state index is 12.7. The maximum Gasteiger partial charge on any atom is 0.416 e. The Balaban J connectivity index is 1.91. The first-order valence-electron chi connectivity index (χ1n) is 9.66. The Kier molecular flexibility index (Phi) is 8.49. The summed E-state index contributed by atoms with van der Waals surface area (Å²) in [6.07, 6.45) is -3.68. The van der Waals surface area contributed by atoms with Crippen LogP contribution in [0.3, 0.4) is 0 Å². The number of phenols is 1. The second kappa shape index (κ2) is 10.6.